The van der Waals surface area contributed by atoms with E-state index >= 15 is 0 Å². The SMILES string of the molecule is c1cnc2c(c1)nc(CC1CCCS1)n2CCN1CCCC1. The second-order valence-corrected chi connectivity index (χ2v) is 7.82. The number of hydrogen-bond donors (Lipinski definition) is 0. The summed E-state index contributed by atoms with van der Waals surface area (Å²) in [7, 11) is 0. The zero-order valence-electron chi connectivity index (χ0n) is 13.1. The molecule has 0 aliphatic carbocycles. The minimum atomic E-state index is 0.752. The van der Waals surface area contributed by atoms with E-state index in [1.165, 1.54) is 50.4 Å². The fourth-order valence-corrected chi connectivity index (χ4v) is 4.92. The van der Waals surface area contributed by atoms with Crippen LogP contribution in [0, 0.1) is 0 Å². The van der Waals surface area contributed by atoms with Gasteiger partial charge in [0, 0.05) is 31.0 Å². The van der Waals surface area contributed by atoms with Crippen molar-refractivity contribution in [3.8, 4) is 0 Å². The maximum Gasteiger partial charge on any atom is 0.160 e. The first-order valence-corrected chi connectivity index (χ1v) is 9.59. The molecule has 2 aromatic heterocycles. The molecule has 0 radical (unpaired) electrons. The molecule has 0 aromatic carbocycles. The third kappa shape index (κ3) is 3.01. The van der Waals surface area contributed by atoms with E-state index in [9.17, 15) is 0 Å². The lowest BCUT2D eigenvalue weighted by Gasteiger charge is -2.17. The average molecular weight is 316 g/mol. The van der Waals surface area contributed by atoms with E-state index in [1.807, 2.05) is 12.3 Å². The van der Waals surface area contributed by atoms with Crippen molar-refractivity contribution in [2.45, 2.75) is 43.9 Å². The summed E-state index contributed by atoms with van der Waals surface area (Å²) in [5, 5.41) is 0.752. The number of pyridine rings is 1. The van der Waals surface area contributed by atoms with Crippen LogP contribution in [-0.2, 0) is 13.0 Å². The molecule has 2 aromatic rings. The van der Waals surface area contributed by atoms with Crippen molar-refractivity contribution in [1.29, 1.82) is 0 Å². The molecule has 2 aliphatic rings. The van der Waals surface area contributed by atoms with Gasteiger partial charge in [-0.25, -0.2) is 9.97 Å². The quantitative estimate of drug-likeness (QED) is 0.849. The molecule has 0 spiro atoms. The number of imidazole rings is 1. The number of rotatable bonds is 5. The van der Waals surface area contributed by atoms with Crippen molar-refractivity contribution in [1.82, 2.24) is 19.4 Å². The van der Waals surface area contributed by atoms with Crippen molar-refractivity contribution in [2.24, 2.45) is 0 Å². The Morgan fingerprint density at radius 1 is 1.18 bits per heavy atom. The van der Waals surface area contributed by atoms with Gasteiger partial charge in [-0.05, 0) is 56.7 Å². The largest absolute Gasteiger partial charge is 0.311 e. The van der Waals surface area contributed by atoms with Crippen LogP contribution < -0.4 is 0 Å². The van der Waals surface area contributed by atoms with Gasteiger partial charge in [0.1, 0.15) is 11.3 Å². The molecule has 4 nitrogen and oxygen atoms in total. The van der Waals surface area contributed by atoms with Crippen LogP contribution in [0.15, 0.2) is 18.3 Å². The molecule has 2 fully saturated rings. The normalized spacial score (nSPS) is 22.8. The van der Waals surface area contributed by atoms with E-state index in [1.54, 1.807) is 0 Å². The Labute approximate surface area is 136 Å². The summed E-state index contributed by atoms with van der Waals surface area (Å²) in [6, 6.07) is 4.09. The fourth-order valence-electron chi connectivity index (χ4n) is 3.65. The first-order valence-electron chi connectivity index (χ1n) is 8.54. The molecular formula is C17H24N4S. The van der Waals surface area contributed by atoms with Gasteiger partial charge in [0.2, 0.25) is 0 Å². The Hall–Kier alpha value is -1.07. The number of fused-ring (bicyclic) bond motifs is 1. The standard InChI is InChI=1S/C17H24N4S/c1-2-9-20(8-1)10-11-21-16(13-14-5-4-12-22-14)19-15-6-3-7-18-17(15)21/h3,6-7,14H,1-2,4-5,8-13H2. The van der Waals surface area contributed by atoms with Crippen molar-refractivity contribution < 1.29 is 0 Å². The molecule has 0 amide bonds. The molecule has 2 aliphatic heterocycles. The van der Waals surface area contributed by atoms with Gasteiger partial charge in [-0.15, -0.1) is 0 Å². The number of hydrogen-bond acceptors (Lipinski definition) is 4. The van der Waals surface area contributed by atoms with Crippen LogP contribution in [0.3, 0.4) is 0 Å². The fraction of sp³-hybridized carbons (Fsp3) is 0.647. The summed E-state index contributed by atoms with van der Waals surface area (Å²) < 4.78 is 2.38. The highest BCUT2D eigenvalue weighted by molar-refractivity contribution is 8.00. The Bertz CT molecular complexity index is 627. The summed E-state index contributed by atoms with van der Waals surface area (Å²) >= 11 is 2.12. The third-order valence-corrected chi connectivity index (χ3v) is 6.25. The van der Waals surface area contributed by atoms with Gasteiger partial charge in [0.25, 0.3) is 0 Å². The lowest BCUT2D eigenvalue weighted by atomic mass is 10.2. The van der Waals surface area contributed by atoms with Crippen molar-refractivity contribution in [3.05, 3.63) is 24.2 Å². The molecule has 118 valence electrons. The molecule has 4 rings (SSSR count). The summed E-state index contributed by atoms with van der Waals surface area (Å²) in [6.45, 7) is 4.68. The molecule has 1 atom stereocenters. The zero-order valence-corrected chi connectivity index (χ0v) is 13.9. The maximum atomic E-state index is 4.89. The first kappa shape index (κ1) is 14.5. The first-order chi connectivity index (χ1) is 10.9. The van der Waals surface area contributed by atoms with Crippen molar-refractivity contribution in [3.63, 3.8) is 0 Å². The smallest absolute Gasteiger partial charge is 0.160 e. The van der Waals surface area contributed by atoms with Gasteiger partial charge in [-0.1, -0.05) is 0 Å². The summed E-state index contributed by atoms with van der Waals surface area (Å²) in [4.78, 5) is 12.1. The molecule has 0 N–H and O–H groups in total. The van der Waals surface area contributed by atoms with Crippen LogP contribution in [0.25, 0.3) is 11.2 Å². The van der Waals surface area contributed by atoms with Gasteiger partial charge in [0.15, 0.2) is 5.65 Å². The van der Waals surface area contributed by atoms with Crippen LogP contribution in [-0.4, -0.2) is 50.1 Å². The Morgan fingerprint density at radius 2 is 2.09 bits per heavy atom. The second kappa shape index (κ2) is 6.59. The highest BCUT2D eigenvalue weighted by Crippen LogP contribution is 2.29. The third-order valence-electron chi connectivity index (χ3n) is 4.86. The summed E-state index contributed by atoms with van der Waals surface area (Å²) in [6.07, 6.45) is 8.41. The van der Waals surface area contributed by atoms with Gasteiger partial charge in [-0.2, -0.15) is 11.8 Å². The highest BCUT2D eigenvalue weighted by atomic mass is 32.2. The van der Waals surface area contributed by atoms with E-state index in [0.29, 0.717) is 0 Å². The van der Waals surface area contributed by atoms with Gasteiger partial charge in [0.05, 0.1) is 0 Å². The molecule has 0 saturated carbocycles. The minimum Gasteiger partial charge on any atom is -0.311 e. The minimum absolute atomic E-state index is 0.752. The Balaban J connectivity index is 1.57. The predicted molar refractivity (Wildman–Crippen MR) is 92.4 cm³/mol. The predicted octanol–water partition coefficient (Wildman–Crippen LogP) is 2.97. The summed E-state index contributed by atoms with van der Waals surface area (Å²) in [5.41, 5.74) is 2.13. The Morgan fingerprint density at radius 3 is 2.91 bits per heavy atom. The molecular weight excluding hydrogens is 292 g/mol. The number of nitrogens with zero attached hydrogens (tertiary/aromatic N) is 4. The van der Waals surface area contributed by atoms with E-state index in [-0.39, 0.29) is 0 Å². The van der Waals surface area contributed by atoms with Crippen LogP contribution in [0.2, 0.25) is 0 Å². The zero-order chi connectivity index (χ0) is 14.8. The lowest BCUT2D eigenvalue weighted by Crippen LogP contribution is -2.25. The molecule has 4 heterocycles. The molecule has 22 heavy (non-hydrogen) atoms. The number of thioether (sulfide) groups is 1. The highest BCUT2D eigenvalue weighted by Gasteiger charge is 2.21. The van der Waals surface area contributed by atoms with Crippen LogP contribution in [0.5, 0.6) is 0 Å². The topological polar surface area (TPSA) is 34.0 Å². The lowest BCUT2D eigenvalue weighted by molar-refractivity contribution is 0.322. The van der Waals surface area contributed by atoms with Crippen molar-refractivity contribution in [2.75, 3.05) is 25.4 Å². The monoisotopic (exact) mass is 316 g/mol. The van der Waals surface area contributed by atoms with E-state index < -0.39 is 0 Å². The second-order valence-electron chi connectivity index (χ2n) is 6.41. The molecule has 2 saturated heterocycles. The van der Waals surface area contributed by atoms with E-state index in [2.05, 4.69) is 32.3 Å². The molecule has 1 unspecified atom stereocenters. The summed E-state index contributed by atoms with van der Waals surface area (Å²) in [5.74, 6) is 2.56. The van der Waals surface area contributed by atoms with E-state index in [4.69, 9.17) is 4.98 Å². The van der Waals surface area contributed by atoms with Gasteiger partial charge >= 0.3 is 0 Å². The average Bonchev–Trinajstić information content (AvgIpc) is 3.27. The Kier molecular flexibility index (Phi) is 4.35. The van der Waals surface area contributed by atoms with Gasteiger partial charge in [-0.3, -0.25) is 0 Å². The molecule has 5 heteroatoms. The number of likely N-dealkylation sites (tertiary alicyclic amines) is 1. The maximum absolute atomic E-state index is 4.89. The van der Waals surface area contributed by atoms with Crippen LogP contribution >= 0.6 is 11.8 Å². The van der Waals surface area contributed by atoms with Crippen molar-refractivity contribution >= 4 is 22.9 Å². The molecule has 0 bridgehead atoms. The van der Waals surface area contributed by atoms with Gasteiger partial charge < -0.3 is 9.47 Å². The number of aromatic nitrogens is 3. The van der Waals surface area contributed by atoms with Crippen LogP contribution in [0.4, 0.5) is 0 Å². The van der Waals surface area contributed by atoms with E-state index in [0.717, 1.165) is 35.9 Å². The van der Waals surface area contributed by atoms with Crippen LogP contribution in [0.1, 0.15) is 31.5 Å².